The van der Waals surface area contributed by atoms with Crippen LogP contribution in [-0.4, -0.2) is 46.2 Å². The molecule has 1 saturated heterocycles. The number of carbonyl (C=O) groups excluding carboxylic acids is 1. The average Bonchev–Trinajstić information content (AvgIpc) is 2.84. The van der Waals surface area contributed by atoms with Crippen LogP contribution in [0.25, 0.3) is 0 Å². The Balaban J connectivity index is 2.01. The van der Waals surface area contributed by atoms with Crippen molar-refractivity contribution in [2.24, 2.45) is 0 Å². The number of hydrogen-bond acceptors (Lipinski definition) is 5. The molecule has 23 heavy (non-hydrogen) atoms. The number of methoxy groups -OCH3 is 2. The van der Waals surface area contributed by atoms with Gasteiger partial charge in [-0.25, -0.2) is 13.2 Å². The van der Waals surface area contributed by atoms with Crippen LogP contribution in [0.5, 0.6) is 11.5 Å². The molecule has 0 radical (unpaired) electrons. The van der Waals surface area contributed by atoms with Crippen LogP contribution in [0.15, 0.2) is 18.2 Å². The highest BCUT2D eigenvalue weighted by molar-refractivity contribution is 7.91. The fourth-order valence-corrected chi connectivity index (χ4v) is 4.26. The Morgan fingerprint density at radius 2 is 2.04 bits per heavy atom. The quantitative estimate of drug-likeness (QED) is 0.840. The number of hydrogen-bond donors (Lipinski definition) is 2. The van der Waals surface area contributed by atoms with E-state index in [-0.39, 0.29) is 23.6 Å². The Morgan fingerprint density at radius 3 is 2.61 bits per heavy atom. The standard InChI is InChI=1S/C15H22N2O5S/c1-10(13-8-12(21-2)4-5-14(13)22-3)16-15(18)17-11-6-7-23(19,20)9-11/h4-5,8,10-11H,6-7,9H2,1-3H3,(H2,16,17,18)/t10-,11-/m1/s1. The van der Waals surface area contributed by atoms with Crippen LogP contribution in [0.2, 0.25) is 0 Å². The van der Waals surface area contributed by atoms with Gasteiger partial charge in [-0.2, -0.15) is 0 Å². The van der Waals surface area contributed by atoms with Crippen LogP contribution in [-0.2, 0) is 9.84 Å². The maximum Gasteiger partial charge on any atom is 0.315 e. The van der Waals surface area contributed by atoms with E-state index in [1.165, 1.54) is 0 Å². The summed E-state index contributed by atoms with van der Waals surface area (Å²) >= 11 is 0. The van der Waals surface area contributed by atoms with E-state index >= 15 is 0 Å². The number of amides is 2. The highest BCUT2D eigenvalue weighted by atomic mass is 32.2. The van der Waals surface area contributed by atoms with Crippen LogP contribution in [0.3, 0.4) is 0 Å². The Morgan fingerprint density at radius 1 is 1.30 bits per heavy atom. The molecular formula is C15H22N2O5S. The molecule has 0 saturated carbocycles. The van der Waals surface area contributed by atoms with Crippen molar-refractivity contribution in [3.05, 3.63) is 23.8 Å². The van der Waals surface area contributed by atoms with E-state index in [1.807, 2.05) is 6.92 Å². The third-order valence-electron chi connectivity index (χ3n) is 3.82. The van der Waals surface area contributed by atoms with E-state index in [2.05, 4.69) is 10.6 Å². The number of urea groups is 1. The molecule has 0 bridgehead atoms. The van der Waals surface area contributed by atoms with Gasteiger partial charge in [-0.15, -0.1) is 0 Å². The maximum atomic E-state index is 12.1. The molecule has 8 heteroatoms. The lowest BCUT2D eigenvalue weighted by Crippen LogP contribution is -2.43. The molecule has 1 heterocycles. The number of benzene rings is 1. The first kappa shape index (κ1) is 17.4. The summed E-state index contributed by atoms with van der Waals surface area (Å²) in [5.74, 6) is 1.42. The summed E-state index contributed by atoms with van der Waals surface area (Å²) in [5.41, 5.74) is 0.779. The van der Waals surface area contributed by atoms with Gasteiger partial charge in [0.1, 0.15) is 11.5 Å². The molecule has 2 N–H and O–H groups in total. The molecule has 0 unspecified atom stereocenters. The molecular weight excluding hydrogens is 320 g/mol. The van der Waals surface area contributed by atoms with Crippen LogP contribution in [0.1, 0.15) is 24.9 Å². The highest BCUT2D eigenvalue weighted by Crippen LogP contribution is 2.29. The summed E-state index contributed by atoms with van der Waals surface area (Å²) in [7, 11) is 0.103. The third-order valence-corrected chi connectivity index (χ3v) is 5.59. The minimum Gasteiger partial charge on any atom is -0.497 e. The Labute approximate surface area is 136 Å². The molecule has 1 fully saturated rings. The minimum absolute atomic E-state index is 0.00270. The fourth-order valence-electron chi connectivity index (χ4n) is 2.59. The normalized spacial score (nSPS) is 20.6. The second-order valence-electron chi connectivity index (χ2n) is 5.55. The van der Waals surface area contributed by atoms with Gasteiger partial charge in [-0.1, -0.05) is 0 Å². The molecule has 128 valence electrons. The van der Waals surface area contributed by atoms with Crippen molar-refractivity contribution < 1.29 is 22.7 Å². The summed E-state index contributed by atoms with van der Waals surface area (Å²) in [6, 6.07) is 4.29. The van der Waals surface area contributed by atoms with Gasteiger partial charge in [-0.05, 0) is 31.5 Å². The zero-order valence-electron chi connectivity index (χ0n) is 13.5. The van der Waals surface area contributed by atoms with Gasteiger partial charge in [0.2, 0.25) is 0 Å². The van der Waals surface area contributed by atoms with E-state index in [4.69, 9.17) is 9.47 Å². The second-order valence-corrected chi connectivity index (χ2v) is 7.78. The van der Waals surface area contributed by atoms with Gasteiger partial charge < -0.3 is 20.1 Å². The van der Waals surface area contributed by atoms with Crippen molar-refractivity contribution in [2.45, 2.75) is 25.4 Å². The van der Waals surface area contributed by atoms with Crippen molar-refractivity contribution >= 4 is 15.9 Å². The van der Waals surface area contributed by atoms with E-state index in [9.17, 15) is 13.2 Å². The van der Waals surface area contributed by atoms with Gasteiger partial charge >= 0.3 is 6.03 Å². The predicted molar refractivity (Wildman–Crippen MR) is 86.7 cm³/mol. The lowest BCUT2D eigenvalue weighted by Gasteiger charge is -2.20. The zero-order valence-corrected chi connectivity index (χ0v) is 14.3. The SMILES string of the molecule is COc1ccc(OC)c([C@@H](C)NC(=O)N[C@@H]2CCS(=O)(=O)C2)c1. The topological polar surface area (TPSA) is 93.7 Å². The van der Waals surface area contributed by atoms with Crippen LogP contribution in [0, 0.1) is 0 Å². The molecule has 1 aromatic carbocycles. The largest absolute Gasteiger partial charge is 0.497 e. The number of sulfone groups is 1. The lowest BCUT2D eigenvalue weighted by atomic mass is 10.1. The van der Waals surface area contributed by atoms with Crippen molar-refractivity contribution in [3.63, 3.8) is 0 Å². The molecule has 1 aliphatic rings. The number of carbonyl (C=O) groups is 1. The first-order chi connectivity index (χ1) is 10.8. The van der Waals surface area contributed by atoms with Gasteiger partial charge in [0, 0.05) is 11.6 Å². The van der Waals surface area contributed by atoms with Crippen molar-refractivity contribution in [1.29, 1.82) is 0 Å². The average molecular weight is 342 g/mol. The van der Waals surface area contributed by atoms with Crippen LogP contribution < -0.4 is 20.1 Å². The predicted octanol–water partition coefficient (Wildman–Crippen LogP) is 1.25. The summed E-state index contributed by atoms with van der Waals surface area (Å²) in [6.07, 6.45) is 0.451. The van der Waals surface area contributed by atoms with Gasteiger partial charge in [0.05, 0.1) is 31.8 Å². The Kier molecular flexibility index (Phi) is 5.35. The fraction of sp³-hybridized carbons (Fsp3) is 0.533. The lowest BCUT2D eigenvalue weighted by molar-refractivity contribution is 0.234. The molecule has 2 rings (SSSR count). The van der Waals surface area contributed by atoms with Crippen molar-refractivity contribution in [2.75, 3.05) is 25.7 Å². The van der Waals surface area contributed by atoms with E-state index < -0.39 is 15.9 Å². The van der Waals surface area contributed by atoms with Gasteiger partial charge in [0.15, 0.2) is 9.84 Å². The first-order valence-corrected chi connectivity index (χ1v) is 9.16. The molecule has 1 aliphatic heterocycles. The number of rotatable bonds is 5. The number of nitrogens with one attached hydrogen (secondary N) is 2. The van der Waals surface area contributed by atoms with Crippen LogP contribution in [0.4, 0.5) is 4.79 Å². The highest BCUT2D eigenvalue weighted by Gasteiger charge is 2.29. The Hall–Kier alpha value is -1.96. The molecule has 0 aliphatic carbocycles. The van der Waals surface area contributed by atoms with Crippen LogP contribution >= 0.6 is 0 Å². The molecule has 2 amide bonds. The van der Waals surface area contributed by atoms with E-state index in [1.54, 1.807) is 32.4 Å². The second kappa shape index (κ2) is 7.08. The van der Waals surface area contributed by atoms with Crippen molar-refractivity contribution in [3.8, 4) is 11.5 Å². The van der Waals surface area contributed by atoms with E-state index in [0.29, 0.717) is 17.9 Å². The Bertz CT molecular complexity index is 674. The monoisotopic (exact) mass is 342 g/mol. The molecule has 7 nitrogen and oxygen atoms in total. The zero-order chi connectivity index (χ0) is 17.0. The molecule has 2 atom stereocenters. The number of ether oxygens (including phenoxy) is 2. The van der Waals surface area contributed by atoms with Crippen molar-refractivity contribution in [1.82, 2.24) is 10.6 Å². The molecule has 1 aromatic rings. The molecule has 0 spiro atoms. The smallest absolute Gasteiger partial charge is 0.315 e. The summed E-state index contributed by atoms with van der Waals surface area (Å²) < 4.78 is 33.3. The summed E-state index contributed by atoms with van der Waals surface area (Å²) in [5, 5.41) is 5.50. The summed E-state index contributed by atoms with van der Waals surface area (Å²) in [6.45, 7) is 1.82. The minimum atomic E-state index is -3.02. The van der Waals surface area contributed by atoms with E-state index in [0.717, 1.165) is 5.56 Å². The third kappa shape index (κ3) is 4.51. The first-order valence-electron chi connectivity index (χ1n) is 7.34. The van der Waals surface area contributed by atoms with Gasteiger partial charge in [-0.3, -0.25) is 0 Å². The van der Waals surface area contributed by atoms with Gasteiger partial charge in [0.25, 0.3) is 0 Å². The maximum absolute atomic E-state index is 12.1. The molecule has 0 aromatic heterocycles. The summed E-state index contributed by atoms with van der Waals surface area (Å²) in [4.78, 5) is 12.1.